The van der Waals surface area contributed by atoms with E-state index in [1.165, 1.54) is 54.9 Å². The summed E-state index contributed by atoms with van der Waals surface area (Å²) in [6.07, 6.45) is 0. The molecule has 2 nitrogen and oxygen atoms in total. The van der Waals surface area contributed by atoms with Crippen LogP contribution in [0.25, 0.3) is 76.9 Å². The molecular weight excluding hydrogens is 631 g/mol. The summed E-state index contributed by atoms with van der Waals surface area (Å²) in [7, 11) is 0. The summed E-state index contributed by atoms with van der Waals surface area (Å²) in [4.78, 5) is 2.34. The standard InChI is InChI=1S/C50H33NO/c1-3-16-43-35(10-1)12-8-19-45(43)37-24-28-41(29-25-37)51(42-30-31-50-48(33-42)47-18-5-6-21-49(47)52-50)40-26-22-34(23-27-40)38-14-7-15-39(32-38)46-20-9-13-36-11-2-4-17-44(36)46/h1-33H. The minimum atomic E-state index is 0.887. The number of rotatable bonds is 6. The Morgan fingerprint density at radius 2 is 0.788 bits per heavy atom. The lowest BCUT2D eigenvalue weighted by molar-refractivity contribution is 0.669. The van der Waals surface area contributed by atoms with Crippen molar-refractivity contribution in [3.05, 3.63) is 200 Å². The highest BCUT2D eigenvalue weighted by atomic mass is 16.3. The van der Waals surface area contributed by atoms with E-state index in [9.17, 15) is 0 Å². The molecule has 9 aromatic carbocycles. The van der Waals surface area contributed by atoms with E-state index in [0.29, 0.717) is 0 Å². The van der Waals surface area contributed by atoms with Crippen molar-refractivity contribution in [1.29, 1.82) is 0 Å². The number of hydrogen-bond acceptors (Lipinski definition) is 2. The topological polar surface area (TPSA) is 16.4 Å². The van der Waals surface area contributed by atoms with Crippen LogP contribution in [0.1, 0.15) is 0 Å². The summed E-state index contributed by atoms with van der Waals surface area (Å²) in [6.45, 7) is 0. The monoisotopic (exact) mass is 663 g/mol. The van der Waals surface area contributed by atoms with Crippen LogP contribution in [0.2, 0.25) is 0 Å². The van der Waals surface area contributed by atoms with E-state index >= 15 is 0 Å². The number of furan rings is 1. The normalized spacial score (nSPS) is 11.5. The number of nitrogens with zero attached hydrogens (tertiary/aromatic N) is 1. The summed E-state index contributed by atoms with van der Waals surface area (Å²) in [5.74, 6) is 0. The second-order valence-corrected chi connectivity index (χ2v) is 13.3. The highest BCUT2D eigenvalue weighted by Gasteiger charge is 2.17. The fraction of sp³-hybridized carbons (Fsp3) is 0. The molecule has 10 rings (SSSR count). The second kappa shape index (κ2) is 12.5. The van der Waals surface area contributed by atoms with Crippen molar-refractivity contribution < 1.29 is 4.42 Å². The minimum absolute atomic E-state index is 0.887. The van der Waals surface area contributed by atoms with E-state index in [1.54, 1.807) is 0 Å². The molecule has 1 heterocycles. The van der Waals surface area contributed by atoms with Gasteiger partial charge in [-0.05, 0) is 110 Å². The first-order valence-electron chi connectivity index (χ1n) is 17.8. The number of anilines is 3. The van der Waals surface area contributed by atoms with E-state index in [4.69, 9.17) is 4.42 Å². The quantitative estimate of drug-likeness (QED) is 0.176. The molecule has 0 saturated carbocycles. The molecule has 0 unspecified atom stereocenters. The highest BCUT2D eigenvalue weighted by Crippen LogP contribution is 2.41. The van der Waals surface area contributed by atoms with Crippen molar-refractivity contribution in [2.45, 2.75) is 0 Å². The van der Waals surface area contributed by atoms with Crippen LogP contribution in [0.15, 0.2) is 205 Å². The van der Waals surface area contributed by atoms with Gasteiger partial charge >= 0.3 is 0 Å². The Morgan fingerprint density at radius 1 is 0.288 bits per heavy atom. The largest absolute Gasteiger partial charge is 0.456 e. The predicted molar refractivity (Wildman–Crippen MR) is 220 cm³/mol. The van der Waals surface area contributed by atoms with Crippen molar-refractivity contribution in [2.75, 3.05) is 4.90 Å². The third-order valence-corrected chi connectivity index (χ3v) is 10.3. The van der Waals surface area contributed by atoms with Crippen molar-refractivity contribution in [3.8, 4) is 33.4 Å². The SMILES string of the molecule is c1cc(-c2ccc(N(c3ccc(-c4cccc5ccccc45)cc3)c3ccc4oc5ccccc5c4c3)cc2)cc(-c2cccc3ccccc23)c1. The first-order valence-corrected chi connectivity index (χ1v) is 17.8. The smallest absolute Gasteiger partial charge is 0.135 e. The molecule has 0 fully saturated rings. The van der Waals surface area contributed by atoms with E-state index in [1.807, 2.05) is 12.1 Å². The van der Waals surface area contributed by atoms with Gasteiger partial charge in [-0.2, -0.15) is 0 Å². The van der Waals surface area contributed by atoms with Gasteiger partial charge in [0.05, 0.1) is 0 Å². The molecule has 0 N–H and O–H groups in total. The Bertz CT molecular complexity index is 2890. The van der Waals surface area contributed by atoms with Gasteiger partial charge in [0.1, 0.15) is 11.2 Å². The lowest BCUT2D eigenvalue weighted by atomic mass is 9.95. The summed E-state index contributed by atoms with van der Waals surface area (Å²) in [5, 5.41) is 7.24. The maximum Gasteiger partial charge on any atom is 0.135 e. The van der Waals surface area contributed by atoms with Crippen LogP contribution in [0.5, 0.6) is 0 Å². The Hall–Kier alpha value is -6.90. The maximum atomic E-state index is 6.21. The van der Waals surface area contributed by atoms with Gasteiger partial charge < -0.3 is 9.32 Å². The molecule has 0 spiro atoms. The van der Waals surface area contributed by atoms with E-state index in [2.05, 4.69) is 193 Å². The average molecular weight is 664 g/mol. The number of fused-ring (bicyclic) bond motifs is 5. The van der Waals surface area contributed by atoms with Gasteiger partial charge in [-0.3, -0.25) is 0 Å². The van der Waals surface area contributed by atoms with Gasteiger partial charge in [0.2, 0.25) is 0 Å². The molecule has 2 heteroatoms. The lowest BCUT2D eigenvalue weighted by Gasteiger charge is -2.26. The molecule has 0 aliphatic rings. The van der Waals surface area contributed by atoms with Crippen molar-refractivity contribution in [3.63, 3.8) is 0 Å². The zero-order chi connectivity index (χ0) is 34.4. The summed E-state index contributed by atoms with van der Waals surface area (Å²) >= 11 is 0. The molecule has 0 atom stereocenters. The zero-order valence-corrected chi connectivity index (χ0v) is 28.4. The molecular formula is C50H33NO. The highest BCUT2D eigenvalue weighted by molar-refractivity contribution is 6.06. The van der Waals surface area contributed by atoms with Crippen LogP contribution in [0.3, 0.4) is 0 Å². The van der Waals surface area contributed by atoms with Crippen molar-refractivity contribution in [2.24, 2.45) is 0 Å². The molecule has 10 aromatic rings. The fourth-order valence-electron chi connectivity index (χ4n) is 7.71. The molecule has 1 aromatic heterocycles. The van der Waals surface area contributed by atoms with Crippen LogP contribution in [0, 0.1) is 0 Å². The molecule has 0 radical (unpaired) electrons. The second-order valence-electron chi connectivity index (χ2n) is 13.3. The van der Waals surface area contributed by atoms with Crippen LogP contribution in [-0.4, -0.2) is 0 Å². The lowest BCUT2D eigenvalue weighted by Crippen LogP contribution is -2.09. The molecule has 0 saturated heterocycles. The van der Waals surface area contributed by atoms with Crippen LogP contribution in [-0.2, 0) is 0 Å². The molecule has 0 aliphatic heterocycles. The molecule has 244 valence electrons. The molecule has 0 bridgehead atoms. The first kappa shape index (κ1) is 30.0. The first-order chi connectivity index (χ1) is 25.8. The zero-order valence-electron chi connectivity index (χ0n) is 28.4. The third kappa shape index (κ3) is 5.21. The van der Waals surface area contributed by atoms with E-state index < -0.39 is 0 Å². The van der Waals surface area contributed by atoms with Gasteiger partial charge in [0, 0.05) is 27.8 Å². The van der Waals surface area contributed by atoms with Gasteiger partial charge in [-0.1, -0.05) is 146 Å². The fourth-order valence-corrected chi connectivity index (χ4v) is 7.71. The minimum Gasteiger partial charge on any atom is -0.456 e. The summed E-state index contributed by atoms with van der Waals surface area (Å²) < 4.78 is 6.21. The Labute approximate surface area is 302 Å². The number of benzene rings is 9. The number of hydrogen-bond donors (Lipinski definition) is 0. The van der Waals surface area contributed by atoms with Gasteiger partial charge in [-0.25, -0.2) is 0 Å². The third-order valence-electron chi connectivity index (χ3n) is 10.3. The summed E-state index contributed by atoms with van der Waals surface area (Å²) in [5.41, 5.74) is 12.3. The predicted octanol–water partition coefficient (Wildman–Crippen LogP) is 14.4. The van der Waals surface area contributed by atoms with Crippen LogP contribution in [0.4, 0.5) is 17.1 Å². The molecule has 52 heavy (non-hydrogen) atoms. The van der Waals surface area contributed by atoms with Gasteiger partial charge in [0.25, 0.3) is 0 Å². The van der Waals surface area contributed by atoms with Gasteiger partial charge in [0.15, 0.2) is 0 Å². The van der Waals surface area contributed by atoms with Crippen LogP contribution >= 0.6 is 0 Å². The Kier molecular flexibility index (Phi) is 7.18. The maximum absolute atomic E-state index is 6.21. The number of para-hydroxylation sites is 1. The average Bonchev–Trinajstić information content (AvgIpc) is 3.59. The van der Waals surface area contributed by atoms with Crippen molar-refractivity contribution >= 4 is 60.5 Å². The summed E-state index contributed by atoms with van der Waals surface area (Å²) in [6, 6.07) is 71.8. The van der Waals surface area contributed by atoms with E-state index in [0.717, 1.165) is 39.0 Å². The Morgan fingerprint density at radius 3 is 1.48 bits per heavy atom. The molecule has 0 aliphatic carbocycles. The molecule has 0 amide bonds. The van der Waals surface area contributed by atoms with Crippen LogP contribution < -0.4 is 4.90 Å². The van der Waals surface area contributed by atoms with Crippen molar-refractivity contribution in [1.82, 2.24) is 0 Å². The van der Waals surface area contributed by atoms with Gasteiger partial charge in [-0.15, -0.1) is 0 Å². The Balaban J connectivity index is 1.06. The van der Waals surface area contributed by atoms with E-state index in [-0.39, 0.29) is 0 Å².